The zero-order valence-electron chi connectivity index (χ0n) is 7.05. The summed E-state index contributed by atoms with van der Waals surface area (Å²) in [5.74, 6) is 0. The maximum Gasteiger partial charge on any atom is 0.0400 e. The van der Waals surface area contributed by atoms with Gasteiger partial charge in [0.1, 0.15) is 0 Å². The summed E-state index contributed by atoms with van der Waals surface area (Å²) in [5, 5.41) is 0. The molecule has 1 unspecified atom stereocenters. The number of fused-ring (bicyclic) bond motifs is 3. The van der Waals surface area contributed by atoms with Crippen molar-refractivity contribution in [3.05, 3.63) is 0 Å². The Morgan fingerprint density at radius 3 is 2.91 bits per heavy atom. The maximum absolute atomic E-state index is 4.59. The van der Waals surface area contributed by atoms with Gasteiger partial charge in [0.05, 0.1) is 0 Å². The summed E-state index contributed by atoms with van der Waals surface area (Å²) < 4.78 is 0. The topological polar surface area (TPSA) is 15.6 Å². The Bertz CT molecular complexity index is 161. The zero-order chi connectivity index (χ0) is 7.52. The minimum Gasteiger partial charge on any atom is -0.303 e. The first-order valence-electron chi connectivity index (χ1n) is 4.70. The SMILES string of the molecule is C1CN=C2CCCN(C1)CC2. The average Bonchev–Trinajstić information content (AvgIpc) is 2.11. The Morgan fingerprint density at radius 2 is 1.91 bits per heavy atom. The first-order chi connectivity index (χ1) is 5.45. The Hall–Kier alpha value is -0.370. The van der Waals surface area contributed by atoms with E-state index in [9.17, 15) is 0 Å². The molecular weight excluding hydrogens is 136 g/mol. The molecule has 2 aliphatic rings. The van der Waals surface area contributed by atoms with Gasteiger partial charge in [-0.2, -0.15) is 0 Å². The lowest BCUT2D eigenvalue weighted by Crippen LogP contribution is -2.27. The average molecular weight is 152 g/mol. The first-order valence-corrected chi connectivity index (χ1v) is 4.70. The van der Waals surface area contributed by atoms with Crippen LogP contribution >= 0.6 is 0 Å². The molecule has 2 nitrogen and oxygen atoms in total. The molecule has 2 aliphatic heterocycles. The summed E-state index contributed by atoms with van der Waals surface area (Å²) in [5.41, 5.74) is 1.48. The molecule has 2 heteroatoms. The largest absolute Gasteiger partial charge is 0.303 e. The molecule has 0 aliphatic carbocycles. The highest BCUT2D eigenvalue weighted by molar-refractivity contribution is 5.84. The monoisotopic (exact) mass is 152 g/mol. The van der Waals surface area contributed by atoms with E-state index in [1.54, 1.807) is 0 Å². The van der Waals surface area contributed by atoms with E-state index in [4.69, 9.17) is 0 Å². The van der Waals surface area contributed by atoms with Gasteiger partial charge in [0, 0.05) is 18.8 Å². The fourth-order valence-corrected chi connectivity index (χ4v) is 1.94. The van der Waals surface area contributed by atoms with E-state index in [0.717, 1.165) is 6.54 Å². The van der Waals surface area contributed by atoms with Crippen LogP contribution in [0.4, 0.5) is 0 Å². The molecule has 1 saturated heterocycles. The smallest absolute Gasteiger partial charge is 0.0400 e. The summed E-state index contributed by atoms with van der Waals surface area (Å²) >= 11 is 0. The van der Waals surface area contributed by atoms with Crippen LogP contribution in [0.25, 0.3) is 0 Å². The number of hydrogen-bond donors (Lipinski definition) is 0. The maximum atomic E-state index is 4.59. The normalized spacial score (nSPS) is 32.0. The lowest BCUT2D eigenvalue weighted by molar-refractivity contribution is 0.284. The number of nitrogens with zero attached hydrogens (tertiary/aromatic N) is 2. The van der Waals surface area contributed by atoms with E-state index >= 15 is 0 Å². The summed E-state index contributed by atoms with van der Waals surface area (Å²) in [7, 11) is 0. The molecular formula is C9H16N2. The lowest BCUT2D eigenvalue weighted by Gasteiger charge is -2.19. The van der Waals surface area contributed by atoms with Gasteiger partial charge in [0.2, 0.25) is 0 Å². The van der Waals surface area contributed by atoms with Crippen LogP contribution in [-0.2, 0) is 0 Å². The molecule has 0 radical (unpaired) electrons. The van der Waals surface area contributed by atoms with Gasteiger partial charge in [-0.1, -0.05) is 0 Å². The molecule has 2 heterocycles. The molecule has 0 aromatic rings. The van der Waals surface area contributed by atoms with E-state index in [2.05, 4.69) is 9.89 Å². The molecule has 0 aromatic heterocycles. The van der Waals surface area contributed by atoms with Gasteiger partial charge in [-0.25, -0.2) is 0 Å². The van der Waals surface area contributed by atoms with Gasteiger partial charge in [0.15, 0.2) is 0 Å². The number of rotatable bonds is 0. The molecule has 2 bridgehead atoms. The van der Waals surface area contributed by atoms with Gasteiger partial charge in [0.25, 0.3) is 0 Å². The van der Waals surface area contributed by atoms with Crippen LogP contribution in [0.5, 0.6) is 0 Å². The highest BCUT2D eigenvalue weighted by atomic mass is 15.1. The molecule has 1 atom stereocenters. The predicted octanol–water partition coefficient (Wildman–Crippen LogP) is 1.32. The third kappa shape index (κ3) is 1.80. The summed E-state index contributed by atoms with van der Waals surface area (Å²) in [6.45, 7) is 4.92. The number of hydrogen-bond acceptors (Lipinski definition) is 2. The van der Waals surface area contributed by atoms with Crippen LogP contribution in [-0.4, -0.2) is 36.8 Å². The van der Waals surface area contributed by atoms with Crippen molar-refractivity contribution in [3.63, 3.8) is 0 Å². The fourth-order valence-electron chi connectivity index (χ4n) is 1.94. The van der Waals surface area contributed by atoms with Crippen molar-refractivity contribution < 1.29 is 0 Å². The van der Waals surface area contributed by atoms with E-state index in [1.165, 1.54) is 51.0 Å². The highest BCUT2D eigenvalue weighted by Crippen LogP contribution is 2.11. The van der Waals surface area contributed by atoms with E-state index in [-0.39, 0.29) is 0 Å². The van der Waals surface area contributed by atoms with Crippen LogP contribution in [0.2, 0.25) is 0 Å². The molecule has 2 rings (SSSR count). The van der Waals surface area contributed by atoms with Crippen molar-refractivity contribution in [1.29, 1.82) is 0 Å². The van der Waals surface area contributed by atoms with Crippen molar-refractivity contribution in [3.8, 4) is 0 Å². The van der Waals surface area contributed by atoms with Gasteiger partial charge in [-0.3, -0.25) is 4.99 Å². The molecule has 0 aromatic carbocycles. The van der Waals surface area contributed by atoms with Gasteiger partial charge in [-0.15, -0.1) is 0 Å². The van der Waals surface area contributed by atoms with Crippen LogP contribution in [0.1, 0.15) is 25.7 Å². The first kappa shape index (κ1) is 7.29. The van der Waals surface area contributed by atoms with E-state index in [0.29, 0.717) is 0 Å². The number of aliphatic imine (C=N–C) groups is 1. The van der Waals surface area contributed by atoms with Crippen molar-refractivity contribution in [2.24, 2.45) is 4.99 Å². The quantitative estimate of drug-likeness (QED) is 0.511. The Balaban J connectivity index is 2.09. The second kappa shape index (κ2) is 3.35. The molecule has 0 N–H and O–H groups in total. The van der Waals surface area contributed by atoms with Gasteiger partial charge >= 0.3 is 0 Å². The van der Waals surface area contributed by atoms with E-state index < -0.39 is 0 Å². The van der Waals surface area contributed by atoms with Crippen molar-refractivity contribution in [1.82, 2.24) is 4.90 Å². The van der Waals surface area contributed by atoms with Crippen LogP contribution < -0.4 is 0 Å². The van der Waals surface area contributed by atoms with Crippen LogP contribution in [0.15, 0.2) is 4.99 Å². The summed E-state index contributed by atoms with van der Waals surface area (Å²) in [6.07, 6.45) is 5.10. The standard InChI is InChI=1S/C9H16N2/c1-3-9-4-8-11(6-1)7-2-5-10-9/h1-8H2. The third-order valence-electron chi connectivity index (χ3n) is 2.62. The molecule has 1 fully saturated rings. The highest BCUT2D eigenvalue weighted by Gasteiger charge is 2.13. The van der Waals surface area contributed by atoms with Crippen molar-refractivity contribution in [2.45, 2.75) is 25.7 Å². The lowest BCUT2D eigenvalue weighted by atomic mass is 10.2. The Morgan fingerprint density at radius 1 is 1.00 bits per heavy atom. The molecule has 11 heavy (non-hydrogen) atoms. The molecule has 0 amide bonds. The molecule has 0 spiro atoms. The van der Waals surface area contributed by atoms with Crippen LogP contribution in [0.3, 0.4) is 0 Å². The molecule has 62 valence electrons. The van der Waals surface area contributed by atoms with Gasteiger partial charge < -0.3 is 4.90 Å². The second-order valence-electron chi connectivity index (χ2n) is 3.50. The van der Waals surface area contributed by atoms with E-state index in [1.807, 2.05) is 0 Å². The van der Waals surface area contributed by atoms with Crippen LogP contribution in [0, 0.1) is 0 Å². The third-order valence-corrected chi connectivity index (χ3v) is 2.62. The van der Waals surface area contributed by atoms with Gasteiger partial charge in [-0.05, 0) is 38.8 Å². The minimum atomic E-state index is 1.08. The Labute approximate surface area is 68.3 Å². The second-order valence-corrected chi connectivity index (χ2v) is 3.50. The zero-order valence-corrected chi connectivity index (χ0v) is 7.05. The van der Waals surface area contributed by atoms with Crippen molar-refractivity contribution in [2.75, 3.05) is 26.2 Å². The Kier molecular flexibility index (Phi) is 2.22. The predicted molar refractivity (Wildman–Crippen MR) is 47.2 cm³/mol. The fraction of sp³-hybridized carbons (Fsp3) is 0.889. The summed E-state index contributed by atoms with van der Waals surface area (Å²) in [6, 6.07) is 0. The summed E-state index contributed by atoms with van der Waals surface area (Å²) in [4.78, 5) is 7.17. The van der Waals surface area contributed by atoms with Crippen molar-refractivity contribution >= 4 is 5.71 Å². The minimum absolute atomic E-state index is 1.08. The molecule has 0 saturated carbocycles.